The Hall–Kier alpha value is -2.41. The average Bonchev–Trinajstić information content (AvgIpc) is 2.65. The highest BCUT2D eigenvalue weighted by Crippen LogP contribution is 2.21. The number of hydrogen-bond donors (Lipinski definition) is 3. The molecular weight excluding hydrogens is 384 g/mol. The molecule has 0 aliphatic carbocycles. The van der Waals surface area contributed by atoms with Gasteiger partial charge in [0.05, 0.1) is 17.3 Å². The second-order valence-electron chi connectivity index (χ2n) is 8.49. The van der Waals surface area contributed by atoms with Crippen LogP contribution in [-0.4, -0.2) is 39.2 Å². The van der Waals surface area contributed by atoms with Gasteiger partial charge in [-0.25, -0.2) is 4.79 Å². The fourth-order valence-electron chi connectivity index (χ4n) is 2.86. The Morgan fingerprint density at radius 2 is 1.90 bits per heavy atom. The lowest BCUT2D eigenvalue weighted by atomic mass is 9.91. The summed E-state index contributed by atoms with van der Waals surface area (Å²) >= 11 is 0. The first-order valence-electron chi connectivity index (χ1n) is 10.1. The van der Waals surface area contributed by atoms with Crippen molar-refractivity contribution in [3.63, 3.8) is 0 Å². The lowest BCUT2D eigenvalue weighted by Gasteiger charge is -2.27. The van der Waals surface area contributed by atoms with Crippen molar-refractivity contribution in [1.29, 1.82) is 0 Å². The maximum Gasteiger partial charge on any atom is 0.336 e. The molecule has 1 aromatic carbocycles. The number of ether oxygens (including phenoxy) is 1. The number of rotatable bonds is 10. The van der Waals surface area contributed by atoms with Gasteiger partial charge in [-0.05, 0) is 71.2 Å². The molecule has 2 rings (SSSR count). The molecule has 30 heavy (non-hydrogen) atoms. The zero-order chi connectivity index (χ0) is 22.4. The van der Waals surface area contributed by atoms with Crippen LogP contribution in [0.25, 0.3) is 11.0 Å². The van der Waals surface area contributed by atoms with E-state index in [1.54, 1.807) is 39.0 Å². The quantitative estimate of drug-likeness (QED) is 0.403. The van der Waals surface area contributed by atoms with Crippen molar-refractivity contribution < 1.29 is 24.5 Å². The third-order valence-electron chi connectivity index (χ3n) is 4.93. The maximum atomic E-state index is 11.3. The lowest BCUT2D eigenvalue weighted by Crippen LogP contribution is -2.37. The molecule has 0 saturated carbocycles. The molecule has 0 saturated heterocycles. The summed E-state index contributed by atoms with van der Waals surface area (Å²) in [7, 11) is 0. The van der Waals surface area contributed by atoms with Gasteiger partial charge in [0.1, 0.15) is 17.9 Å². The normalized spacial score (nSPS) is 16.0. The number of aliphatic hydroxyl groups excluding tert-OH is 1. The summed E-state index contributed by atoms with van der Waals surface area (Å²) in [5, 5.41) is 30.9. The molecule has 0 bridgehead atoms. The van der Waals surface area contributed by atoms with E-state index < -0.39 is 22.9 Å². The fraction of sp³-hybridized carbons (Fsp3) is 0.458. The standard InChI is InChI=1S/C24H32O6/c1-17(6-5-13-24(4,28)14-11-21(25)23(2,3)27)12-15-29-19-9-7-18-8-10-22(26)30-20(18)16-19/h5,7-10,12-13,16,21,25,27-28H,6,11,14-15H2,1-4H3. The molecule has 0 aliphatic rings. The van der Waals surface area contributed by atoms with E-state index in [0.29, 0.717) is 37.2 Å². The van der Waals surface area contributed by atoms with Gasteiger partial charge in [-0.15, -0.1) is 0 Å². The van der Waals surface area contributed by atoms with E-state index in [-0.39, 0.29) is 0 Å². The molecule has 0 amide bonds. The molecule has 3 N–H and O–H groups in total. The topological polar surface area (TPSA) is 100 Å². The molecule has 6 heteroatoms. The molecule has 2 aromatic rings. The highest BCUT2D eigenvalue weighted by molar-refractivity contribution is 5.77. The smallest absolute Gasteiger partial charge is 0.336 e. The second kappa shape index (κ2) is 10.1. The summed E-state index contributed by atoms with van der Waals surface area (Å²) in [6.45, 7) is 7.12. The van der Waals surface area contributed by atoms with Crippen LogP contribution in [0, 0.1) is 0 Å². The third-order valence-corrected chi connectivity index (χ3v) is 4.93. The minimum Gasteiger partial charge on any atom is -0.489 e. The largest absolute Gasteiger partial charge is 0.489 e. The molecule has 0 fully saturated rings. The van der Waals surface area contributed by atoms with Crippen molar-refractivity contribution >= 4 is 11.0 Å². The lowest BCUT2D eigenvalue weighted by molar-refractivity contribution is -0.0591. The van der Waals surface area contributed by atoms with Gasteiger partial charge in [0.2, 0.25) is 0 Å². The zero-order valence-electron chi connectivity index (χ0n) is 18.1. The van der Waals surface area contributed by atoms with E-state index in [4.69, 9.17) is 9.15 Å². The molecule has 6 nitrogen and oxygen atoms in total. The first-order valence-corrected chi connectivity index (χ1v) is 10.1. The third kappa shape index (κ3) is 7.78. The molecule has 0 spiro atoms. The van der Waals surface area contributed by atoms with E-state index >= 15 is 0 Å². The molecule has 0 aliphatic heterocycles. The summed E-state index contributed by atoms with van der Waals surface area (Å²) in [4.78, 5) is 11.3. The number of fused-ring (bicyclic) bond motifs is 1. The first-order chi connectivity index (χ1) is 14.0. The van der Waals surface area contributed by atoms with Crippen LogP contribution in [0.2, 0.25) is 0 Å². The van der Waals surface area contributed by atoms with E-state index in [1.165, 1.54) is 6.07 Å². The van der Waals surface area contributed by atoms with Crippen LogP contribution in [0.1, 0.15) is 47.0 Å². The van der Waals surface area contributed by atoms with Crippen LogP contribution in [-0.2, 0) is 0 Å². The van der Waals surface area contributed by atoms with Gasteiger partial charge in [0.15, 0.2) is 0 Å². The van der Waals surface area contributed by atoms with Crippen molar-refractivity contribution in [2.24, 2.45) is 0 Å². The van der Waals surface area contributed by atoms with Gasteiger partial charge in [-0.3, -0.25) is 0 Å². The van der Waals surface area contributed by atoms with E-state index in [1.807, 2.05) is 31.2 Å². The van der Waals surface area contributed by atoms with Gasteiger partial charge in [-0.1, -0.05) is 17.7 Å². The van der Waals surface area contributed by atoms with Crippen molar-refractivity contribution in [2.45, 2.75) is 64.3 Å². The van der Waals surface area contributed by atoms with Crippen molar-refractivity contribution in [3.05, 3.63) is 64.6 Å². The average molecular weight is 417 g/mol. The van der Waals surface area contributed by atoms with E-state index in [9.17, 15) is 20.1 Å². The van der Waals surface area contributed by atoms with Gasteiger partial charge in [-0.2, -0.15) is 0 Å². The molecule has 2 atom stereocenters. The van der Waals surface area contributed by atoms with Gasteiger partial charge < -0.3 is 24.5 Å². The summed E-state index contributed by atoms with van der Waals surface area (Å²) in [6.07, 6.45) is 5.95. The maximum absolute atomic E-state index is 11.3. The summed E-state index contributed by atoms with van der Waals surface area (Å²) in [5.74, 6) is 0.616. The number of benzene rings is 1. The highest BCUT2D eigenvalue weighted by Gasteiger charge is 2.27. The summed E-state index contributed by atoms with van der Waals surface area (Å²) in [5.41, 5.74) is -1.08. The van der Waals surface area contributed by atoms with Crippen LogP contribution in [0.5, 0.6) is 5.75 Å². The molecule has 0 radical (unpaired) electrons. The minimum atomic E-state index is -1.18. The number of aliphatic hydroxyl groups is 3. The van der Waals surface area contributed by atoms with Gasteiger partial charge in [0, 0.05) is 17.5 Å². The van der Waals surface area contributed by atoms with Crippen molar-refractivity contribution in [2.75, 3.05) is 6.61 Å². The highest BCUT2D eigenvalue weighted by atomic mass is 16.5. The Labute approximate surface area is 177 Å². The van der Waals surface area contributed by atoms with Crippen molar-refractivity contribution in [3.8, 4) is 5.75 Å². The minimum absolute atomic E-state index is 0.301. The summed E-state index contributed by atoms with van der Waals surface area (Å²) in [6, 6.07) is 8.45. The Morgan fingerprint density at radius 1 is 1.20 bits per heavy atom. The zero-order valence-corrected chi connectivity index (χ0v) is 18.1. The van der Waals surface area contributed by atoms with Crippen molar-refractivity contribution in [1.82, 2.24) is 0 Å². The van der Waals surface area contributed by atoms with Crippen LogP contribution in [0.15, 0.2) is 63.3 Å². The van der Waals surface area contributed by atoms with Crippen LogP contribution < -0.4 is 10.4 Å². The number of allylic oxidation sites excluding steroid dienone is 2. The molecule has 1 heterocycles. The fourth-order valence-corrected chi connectivity index (χ4v) is 2.86. The number of hydrogen-bond acceptors (Lipinski definition) is 6. The van der Waals surface area contributed by atoms with Crippen LogP contribution >= 0.6 is 0 Å². The Kier molecular flexibility index (Phi) is 8.01. The molecule has 2 unspecified atom stereocenters. The van der Waals surface area contributed by atoms with Crippen LogP contribution in [0.3, 0.4) is 0 Å². The van der Waals surface area contributed by atoms with E-state index in [2.05, 4.69) is 0 Å². The SMILES string of the molecule is CC(=CCOc1ccc2ccc(=O)oc2c1)CC=CC(C)(O)CCC(O)C(C)(C)O. The van der Waals surface area contributed by atoms with Gasteiger partial charge >= 0.3 is 5.63 Å². The monoisotopic (exact) mass is 416 g/mol. The summed E-state index contributed by atoms with van der Waals surface area (Å²) < 4.78 is 10.9. The predicted molar refractivity (Wildman–Crippen MR) is 118 cm³/mol. The van der Waals surface area contributed by atoms with Gasteiger partial charge in [0.25, 0.3) is 0 Å². The Bertz CT molecular complexity index is 946. The molecule has 1 aromatic heterocycles. The predicted octanol–water partition coefficient (Wildman–Crippen LogP) is 3.73. The molecular formula is C24H32O6. The second-order valence-corrected chi connectivity index (χ2v) is 8.49. The Balaban J connectivity index is 1.82. The Morgan fingerprint density at radius 3 is 2.60 bits per heavy atom. The molecule has 164 valence electrons. The van der Waals surface area contributed by atoms with E-state index in [0.717, 1.165) is 11.0 Å². The van der Waals surface area contributed by atoms with Crippen LogP contribution in [0.4, 0.5) is 0 Å². The first kappa shape index (κ1) is 23.9.